The molecule has 1 atom stereocenters. The van der Waals surface area contributed by atoms with Crippen LogP contribution in [0.5, 0.6) is 0 Å². The summed E-state index contributed by atoms with van der Waals surface area (Å²) in [6.45, 7) is 1.54. The van der Waals surface area contributed by atoms with Gasteiger partial charge in [0.25, 0.3) is 0 Å². The molecule has 4 nitrogen and oxygen atoms in total. The minimum atomic E-state index is -0.351. The van der Waals surface area contributed by atoms with Crippen molar-refractivity contribution in [1.29, 1.82) is 0 Å². The molecule has 0 radical (unpaired) electrons. The van der Waals surface area contributed by atoms with Crippen LogP contribution >= 0.6 is 0 Å². The Balaban J connectivity index is 2.71. The van der Waals surface area contributed by atoms with E-state index in [-0.39, 0.29) is 30.9 Å². The fraction of sp³-hybridized carbons (Fsp3) is 0.385. The minimum Gasteiger partial charge on any atom is -0.469 e. The molecule has 0 fully saturated rings. The smallest absolute Gasteiger partial charge is 0.306 e. The average Bonchev–Trinajstić information content (AvgIpc) is 2.35. The standard InChI is InChI=1S/C13H16O4/c1-10(14)17-9-12(8-13(15)16-2)11-6-4-3-5-7-11/h3-7,12H,8-9H2,1-2H3. The summed E-state index contributed by atoms with van der Waals surface area (Å²) in [6.07, 6.45) is 0.202. The Morgan fingerprint density at radius 1 is 1.24 bits per heavy atom. The Morgan fingerprint density at radius 3 is 2.41 bits per heavy atom. The second kappa shape index (κ2) is 6.68. The van der Waals surface area contributed by atoms with Crippen molar-refractivity contribution in [2.45, 2.75) is 19.3 Å². The Bertz CT molecular complexity index is 372. The van der Waals surface area contributed by atoms with Crippen LogP contribution in [0, 0.1) is 0 Å². The van der Waals surface area contributed by atoms with Crippen LogP contribution < -0.4 is 0 Å². The number of benzene rings is 1. The van der Waals surface area contributed by atoms with Gasteiger partial charge in [0, 0.05) is 12.8 Å². The van der Waals surface area contributed by atoms with Crippen molar-refractivity contribution in [2.24, 2.45) is 0 Å². The van der Waals surface area contributed by atoms with E-state index in [4.69, 9.17) is 4.74 Å². The van der Waals surface area contributed by atoms with E-state index in [1.165, 1.54) is 14.0 Å². The largest absolute Gasteiger partial charge is 0.469 e. The van der Waals surface area contributed by atoms with Crippen molar-refractivity contribution in [3.8, 4) is 0 Å². The normalized spacial score (nSPS) is 11.6. The Hall–Kier alpha value is -1.84. The van der Waals surface area contributed by atoms with Crippen molar-refractivity contribution in [2.75, 3.05) is 13.7 Å². The van der Waals surface area contributed by atoms with Crippen molar-refractivity contribution in [1.82, 2.24) is 0 Å². The molecule has 92 valence electrons. The van der Waals surface area contributed by atoms with E-state index in [0.29, 0.717) is 0 Å². The van der Waals surface area contributed by atoms with E-state index < -0.39 is 0 Å². The summed E-state index contributed by atoms with van der Waals surface area (Å²) >= 11 is 0. The molecular formula is C13H16O4. The molecule has 0 saturated heterocycles. The van der Waals surface area contributed by atoms with E-state index in [1.807, 2.05) is 30.3 Å². The third-order valence-corrected chi connectivity index (χ3v) is 2.40. The molecule has 1 aromatic carbocycles. The molecular weight excluding hydrogens is 220 g/mol. The topological polar surface area (TPSA) is 52.6 Å². The van der Waals surface area contributed by atoms with Gasteiger partial charge in [-0.3, -0.25) is 9.59 Å². The maximum absolute atomic E-state index is 11.3. The van der Waals surface area contributed by atoms with E-state index in [1.54, 1.807) is 0 Å². The minimum absolute atomic E-state index is 0.160. The molecule has 0 bridgehead atoms. The number of rotatable bonds is 5. The molecule has 0 amide bonds. The first-order chi connectivity index (χ1) is 8.13. The Morgan fingerprint density at radius 2 is 1.88 bits per heavy atom. The third-order valence-electron chi connectivity index (χ3n) is 2.40. The van der Waals surface area contributed by atoms with Gasteiger partial charge in [-0.25, -0.2) is 0 Å². The number of carbonyl (C=O) groups excluding carboxylic acids is 2. The van der Waals surface area contributed by atoms with Gasteiger partial charge in [-0.05, 0) is 5.56 Å². The number of esters is 2. The van der Waals surface area contributed by atoms with Crippen LogP contribution in [0.3, 0.4) is 0 Å². The second-order valence-corrected chi connectivity index (χ2v) is 3.69. The van der Waals surface area contributed by atoms with Crippen molar-refractivity contribution < 1.29 is 19.1 Å². The summed E-state index contributed by atoms with van der Waals surface area (Å²) < 4.78 is 9.59. The molecule has 0 heterocycles. The van der Waals surface area contributed by atoms with Gasteiger partial charge in [0.15, 0.2) is 0 Å². The van der Waals surface area contributed by atoms with E-state index >= 15 is 0 Å². The number of methoxy groups -OCH3 is 1. The lowest BCUT2D eigenvalue weighted by atomic mass is 9.97. The number of ether oxygens (including phenoxy) is 2. The van der Waals surface area contributed by atoms with E-state index in [2.05, 4.69) is 4.74 Å². The average molecular weight is 236 g/mol. The van der Waals surface area contributed by atoms with Gasteiger partial charge in [0.1, 0.15) is 0 Å². The zero-order chi connectivity index (χ0) is 12.7. The molecule has 0 saturated carbocycles. The summed E-state index contributed by atoms with van der Waals surface area (Å²) in [4.78, 5) is 22.1. The zero-order valence-corrected chi connectivity index (χ0v) is 10.0. The summed E-state index contributed by atoms with van der Waals surface area (Å²) in [6, 6.07) is 9.46. The lowest BCUT2D eigenvalue weighted by molar-refractivity contribution is -0.145. The van der Waals surface area contributed by atoms with Crippen LogP contribution in [0.2, 0.25) is 0 Å². The molecule has 0 aromatic heterocycles. The van der Waals surface area contributed by atoms with E-state index in [9.17, 15) is 9.59 Å². The predicted molar refractivity (Wildman–Crippen MR) is 62.4 cm³/mol. The predicted octanol–water partition coefficient (Wildman–Crippen LogP) is 1.90. The number of hydrogen-bond acceptors (Lipinski definition) is 4. The molecule has 1 rings (SSSR count). The van der Waals surface area contributed by atoms with Crippen molar-refractivity contribution in [3.05, 3.63) is 35.9 Å². The SMILES string of the molecule is COC(=O)CC(COC(C)=O)c1ccccc1. The van der Waals surface area contributed by atoms with Gasteiger partial charge in [-0.1, -0.05) is 30.3 Å². The first-order valence-corrected chi connectivity index (χ1v) is 5.38. The number of carbonyl (C=O) groups is 2. The lowest BCUT2D eigenvalue weighted by Crippen LogP contribution is -2.15. The highest BCUT2D eigenvalue weighted by Crippen LogP contribution is 2.20. The van der Waals surface area contributed by atoms with Crippen LogP contribution in [-0.2, 0) is 19.1 Å². The van der Waals surface area contributed by atoms with Gasteiger partial charge in [-0.15, -0.1) is 0 Å². The van der Waals surface area contributed by atoms with Crippen LogP contribution in [0.1, 0.15) is 24.8 Å². The summed E-state index contributed by atoms with van der Waals surface area (Å²) in [5, 5.41) is 0. The fourth-order valence-corrected chi connectivity index (χ4v) is 1.50. The third kappa shape index (κ3) is 4.68. The molecule has 0 aliphatic rings. The first-order valence-electron chi connectivity index (χ1n) is 5.38. The van der Waals surface area contributed by atoms with Gasteiger partial charge >= 0.3 is 11.9 Å². The van der Waals surface area contributed by atoms with Crippen molar-refractivity contribution >= 4 is 11.9 Å². The van der Waals surface area contributed by atoms with Gasteiger partial charge < -0.3 is 9.47 Å². The van der Waals surface area contributed by atoms with Crippen molar-refractivity contribution in [3.63, 3.8) is 0 Å². The maximum Gasteiger partial charge on any atom is 0.306 e. The van der Waals surface area contributed by atoms with Crippen LogP contribution in [0.25, 0.3) is 0 Å². The lowest BCUT2D eigenvalue weighted by Gasteiger charge is -2.15. The first kappa shape index (κ1) is 13.2. The highest BCUT2D eigenvalue weighted by atomic mass is 16.5. The van der Waals surface area contributed by atoms with Gasteiger partial charge in [-0.2, -0.15) is 0 Å². The summed E-state index contributed by atoms with van der Waals surface area (Å²) in [7, 11) is 1.34. The van der Waals surface area contributed by atoms with Crippen LogP contribution in [0.15, 0.2) is 30.3 Å². The Labute approximate surface area is 101 Å². The Kier molecular flexibility index (Phi) is 5.20. The quantitative estimate of drug-likeness (QED) is 0.733. The molecule has 0 spiro atoms. The fourth-order valence-electron chi connectivity index (χ4n) is 1.50. The summed E-state index contributed by atoms with van der Waals surface area (Å²) in [5.41, 5.74) is 0.958. The van der Waals surface area contributed by atoms with Gasteiger partial charge in [0.05, 0.1) is 20.1 Å². The van der Waals surface area contributed by atoms with Crippen LogP contribution in [0.4, 0.5) is 0 Å². The molecule has 4 heteroatoms. The number of hydrogen-bond donors (Lipinski definition) is 0. The van der Waals surface area contributed by atoms with E-state index in [0.717, 1.165) is 5.56 Å². The molecule has 1 unspecified atom stereocenters. The molecule has 0 aliphatic carbocycles. The molecule has 0 N–H and O–H groups in total. The maximum atomic E-state index is 11.3. The highest BCUT2D eigenvalue weighted by molar-refractivity contribution is 5.70. The zero-order valence-electron chi connectivity index (χ0n) is 10.0. The molecule has 1 aromatic rings. The summed E-state index contributed by atoms with van der Waals surface area (Å²) in [5.74, 6) is -0.825. The van der Waals surface area contributed by atoms with Gasteiger partial charge in [0.2, 0.25) is 0 Å². The van der Waals surface area contributed by atoms with Crippen LogP contribution in [-0.4, -0.2) is 25.7 Å². The monoisotopic (exact) mass is 236 g/mol. The molecule has 0 aliphatic heterocycles. The second-order valence-electron chi connectivity index (χ2n) is 3.69. The highest BCUT2D eigenvalue weighted by Gasteiger charge is 2.17. The molecule has 17 heavy (non-hydrogen) atoms.